The van der Waals surface area contributed by atoms with E-state index in [1.807, 2.05) is 42.5 Å². The van der Waals surface area contributed by atoms with Gasteiger partial charge in [0.25, 0.3) is 0 Å². The van der Waals surface area contributed by atoms with Crippen LogP contribution >= 0.6 is 0 Å². The van der Waals surface area contributed by atoms with Crippen molar-refractivity contribution in [2.75, 3.05) is 4.90 Å². The minimum atomic E-state index is -2.96. The van der Waals surface area contributed by atoms with Crippen molar-refractivity contribution in [3.63, 3.8) is 0 Å². The van der Waals surface area contributed by atoms with Crippen LogP contribution in [0.1, 0.15) is 0 Å². The van der Waals surface area contributed by atoms with E-state index in [-0.39, 0.29) is 0 Å². The maximum Gasteiger partial charge on any atom is 0.227 e. The highest BCUT2D eigenvalue weighted by Gasteiger charge is 2.42. The number of furan rings is 1. The number of oxazole rings is 1. The molecule has 0 radical (unpaired) electrons. The summed E-state index contributed by atoms with van der Waals surface area (Å²) in [6, 6.07) is 87.9. The van der Waals surface area contributed by atoms with Crippen molar-refractivity contribution < 1.29 is 8.83 Å². The van der Waals surface area contributed by atoms with Gasteiger partial charge in [-0.05, 0) is 114 Å². The minimum absolute atomic E-state index is 0.612. The van der Waals surface area contributed by atoms with Gasteiger partial charge >= 0.3 is 0 Å². The SMILES string of the molecule is c1ccc(-c2nc3ccc4ccc5ccc(N(c6cccc([Si](c7ccccc7)(c7ccccc7)c7ccc8ccccc8c7)c6)c6ccc7oc8ccccc8c7c6)cc5c4c3o2)cc1. The van der Waals surface area contributed by atoms with Crippen molar-refractivity contribution in [1.29, 1.82) is 0 Å². The van der Waals surface area contributed by atoms with Gasteiger partial charge in [-0.1, -0.05) is 176 Å². The summed E-state index contributed by atoms with van der Waals surface area (Å²) in [5.74, 6) is 0.612. The number of hydrogen-bond acceptors (Lipinski definition) is 4. The normalized spacial score (nSPS) is 11.9. The first kappa shape index (κ1) is 38.0. The maximum absolute atomic E-state index is 6.70. The molecule has 13 rings (SSSR count). The molecule has 0 fully saturated rings. The number of fused-ring (bicyclic) bond motifs is 9. The Kier molecular flexibility index (Phi) is 8.83. The van der Waals surface area contributed by atoms with E-state index < -0.39 is 8.07 Å². The van der Waals surface area contributed by atoms with E-state index in [0.717, 1.165) is 77.2 Å². The zero-order valence-electron chi connectivity index (χ0n) is 35.8. The Balaban J connectivity index is 1.08. The van der Waals surface area contributed by atoms with Crippen molar-refractivity contribution in [3.05, 3.63) is 243 Å². The highest BCUT2D eigenvalue weighted by atomic mass is 28.3. The fourth-order valence-corrected chi connectivity index (χ4v) is 15.1. The number of aromatic nitrogens is 1. The Bertz CT molecular complexity index is 3910. The molecule has 13 aromatic rings. The van der Waals surface area contributed by atoms with Gasteiger partial charge in [-0.15, -0.1) is 0 Å². The quantitative estimate of drug-likeness (QED) is 0.0867. The third kappa shape index (κ3) is 6.09. The fourth-order valence-electron chi connectivity index (χ4n) is 10.3. The van der Waals surface area contributed by atoms with Crippen LogP contribution in [0.4, 0.5) is 17.1 Å². The van der Waals surface area contributed by atoms with Crippen molar-refractivity contribution in [2.24, 2.45) is 0 Å². The largest absolute Gasteiger partial charge is 0.456 e. The predicted molar refractivity (Wildman–Crippen MR) is 278 cm³/mol. The number of hydrogen-bond donors (Lipinski definition) is 0. The molecular formula is C61H40N2O2Si. The molecule has 0 aliphatic carbocycles. The number of nitrogens with zero attached hydrogens (tertiary/aromatic N) is 2. The summed E-state index contributed by atoms with van der Waals surface area (Å²) >= 11 is 0. The van der Waals surface area contributed by atoms with Gasteiger partial charge in [0.05, 0.1) is 0 Å². The molecule has 0 saturated carbocycles. The Hall–Kier alpha value is -8.51. The first-order valence-electron chi connectivity index (χ1n) is 22.4. The van der Waals surface area contributed by atoms with Crippen LogP contribution in [0, 0.1) is 0 Å². The molecule has 0 bridgehead atoms. The molecule has 0 unspecified atom stereocenters. The molecule has 2 aromatic heterocycles. The second-order valence-corrected chi connectivity index (χ2v) is 20.9. The minimum Gasteiger partial charge on any atom is -0.456 e. The maximum atomic E-state index is 6.70. The number of rotatable bonds is 8. The summed E-state index contributed by atoms with van der Waals surface area (Å²) in [5.41, 5.74) is 7.40. The number of benzene rings is 11. The van der Waals surface area contributed by atoms with Gasteiger partial charge in [-0.25, -0.2) is 4.98 Å². The van der Waals surface area contributed by atoms with Gasteiger partial charge in [-0.2, -0.15) is 0 Å². The molecule has 0 amide bonds. The van der Waals surface area contributed by atoms with Crippen LogP contribution in [0.15, 0.2) is 251 Å². The third-order valence-electron chi connectivity index (χ3n) is 13.4. The van der Waals surface area contributed by atoms with Crippen LogP contribution in [-0.4, -0.2) is 13.1 Å². The van der Waals surface area contributed by atoms with E-state index in [0.29, 0.717) is 5.89 Å². The summed E-state index contributed by atoms with van der Waals surface area (Å²) < 4.78 is 13.1. The molecule has 66 heavy (non-hydrogen) atoms. The Morgan fingerprint density at radius 1 is 0.348 bits per heavy atom. The van der Waals surface area contributed by atoms with E-state index in [9.17, 15) is 0 Å². The molecule has 0 atom stereocenters. The number of anilines is 3. The van der Waals surface area contributed by atoms with E-state index in [1.165, 1.54) is 31.5 Å². The lowest BCUT2D eigenvalue weighted by Gasteiger charge is -2.35. The van der Waals surface area contributed by atoms with Crippen LogP contribution in [0.2, 0.25) is 0 Å². The highest BCUT2D eigenvalue weighted by Crippen LogP contribution is 2.42. The standard InChI is InChI=1S/C61H40N2O2Si/c1-4-16-44(17-5-1)61-62-56-35-31-43-28-27-42-29-32-47(39-54(42)59(43)60(56)65-61)63(48-33-36-58-55(40-48)53-25-12-13-26-57(53)64-58)46-19-14-24-51(38-46)66(49-20-6-2-7-21-49,50-22-8-3-9-23-50)52-34-30-41-15-10-11-18-45(41)37-52/h1-40H. The van der Waals surface area contributed by atoms with Gasteiger partial charge in [0.1, 0.15) is 16.7 Å². The van der Waals surface area contributed by atoms with Crippen molar-refractivity contribution in [1.82, 2.24) is 4.98 Å². The van der Waals surface area contributed by atoms with Gasteiger partial charge in [-0.3, -0.25) is 0 Å². The van der Waals surface area contributed by atoms with Gasteiger partial charge in [0.2, 0.25) is 5.89 Å². The average molecular weight is 861 g/mol. The molecule has 11 aromatic carbocycles. The van der Waals surface area contributed by atoms with Crippen LogP contribution in [0.5, 0.6) is 0 Å². The van der Waals surface area contributed by atoms with Crippen molar-refractivity contribution in [2.45, 2.75) is 0 Å². The molecule has 0 saturated heterocycles. The molecule has 0 spiro atoms. The van der Waals surface area contributed by atoms with Crippen LogP contribution in [0.25, 0.3) is 76.8 Å². The van der Waals surface area contributed by atoms with Crippen LogP contribution in [0.3, 0.4) is 0 Å². The molecule has 0 aliphatic rings. The molecular weight excluding hydrogens is 821 g/mol. The fraction of sp³-hybridized carbons (Fsp3) is 0. The summed E-state index contributed by atoms with van der Waals surface area (Å²) in [6.45, 7) is 0. The first-order valence-corrected chi connectivity index (χ1v) is 24.4. The summed E-state index contributed by atoms with van der Waals surface area (Å²) in [5, 5.41) is 14.2. The van der Waals surface area contributed by atoms with E-state index in [2.05, 4.69) is 205 Å². The van der Waals surface area contributed by atoms with Crippen LogP contribution < -0.4 is 25.6 Å². The zero-order chi connectivity index (χ0) is 43.6. The summed E-state index contributed by atoms with van der Waals surface area (Å²) in [4.78, 5) is 7.39. The molecule has 0 aliphatic heterocycles. The summed E-state index contributed by atoms with van der Waals surface area (Å²) in [7, 11) is -2.96. The lowest BCUT2D eigenvalue weighted by Crippen LogP contribution is -2.74. The Morgan fingerprint density at radius 2 is 0.924 bits per heavy atom. The van der Waals surface area contributed by atoms with Gasteiger partial charge in [0, 0.05) is 38.8 Å². The topological polar surface area (TPSA) is 42.4 Å². The number of para-hydroxylation sites is 1. The molecule has 2 heterocycles. The average Bonchev–Trinajstić information content (AvgIpc) is 4.00. The second kappa shape index (κ2) is 15.3. The molecule has 310 valence electrons. The van der Waals surface area contributed by atoms with Crippen molar-refractivity contribution >= 4 is 111 Å². The van der Waals surface area contributed by atoms with E-state index in [1.54, 1.807) is 0 Å². The predicted octanol–water partition coefficient (Wildman–Crippen LogP) is 13.7. The second-order valence-electron chi connectivity index (χ2n) is 17.1. The third-order valence-corrected chi connectivity index (χ3v) is 18.1. The van der Waals surface area contributed by atoms with E-state index >= 15 is 0 Å². The van der Waals surface area contributed by atoms with E-state index in [4.69, 9.17) is 13.8 Å². The van der Waals surface area contributed by atoms with Gasteiger partial charge in [0.15, 0.2) is 13.7 Å². The smallest absolute Gasteiger partial charge is 0.227 e. The zero-order valence-corrected chi connectivity index (χ0v) is 36.8. The van der Waals surface area contributed by atoms with Crippen LogP contribution in [-0.2, 0) is 0 Å². The highest BCUT2D eigenvalue weighted by molar-refractivity contribution is 7.20. The molecule has 4 nitrogen and oxygen atoms in total. The Labute approximate surface area is 382 Å². The first-order chi connectivity index (χ1) is 32.7. The lowest BCUT2D eigenvalue weighted by atomic mass is 10.00. The lowest BCUT2D eigenvalue weighted by molar-refractivity contribution is 0.623. The monoisotopic (exact) mass is 860 g/mol. The van der Waals surface area contributed by atoms with Gasteiger partial charge < -0.3 is 13.7 Å². The summed E-state index contributed by atoms with van der Waals surface area (Å²) in [6.07, 6.45) is 0. The Morgan fingerprint density at radius 3 is 1.73 bits per heavy atom. The van der Waals surface area contributed by atoms with Crippen molar-refractivity contribution in [3.8, 4) is 11.5 Å². The molecule has 5 heteroatoms. The molecule has 0 N–H and O–H groups in total.